The van der Waals surface area contributed by atoms with Crippen LogP contribution in [0.5, 0.6) is 5.75 Å². The van der Waals surface area contributed by atoms with Crippen molar-refractivity contribution in [3.05, 3.63) is 88.0 Å². The number of halogens is 2. The van der Waals surface area contributed by atoms with Gasteiger partial charge in [0.2, 0.25) is 0 Å². The van der Waals surface area contributed by atoms with Gasteiger partial charge < -0.3 is 25.0 Å². The number of carbonyl (C=O) groups is 2. The number of ether oxygens (including phenoxy) is 2. The Labute approximate surface area is 246 Å². The van der Waals surface area contributed by atoms with Crippen molar-refractivity contribution in [2.24, 2.45) is 0 Å². The summed E-state index contributed by atoms with van der Waals surface area (Å²) >= 11 is 12.4. The summed E-state index contributed by atoms with van der Waals surface area (Å²) in [6.45, 7) is 7.92. The number of likely N-dealkylation sites (N-methyl/N-ethyl adjacent to an activating group) is 1. The predicted molar refractivity (Wildman–Crippen MR) is 159 cm³/mol. The van der Waals surface area contributed by atoms with E-state index in [1.165, 1.54) is 0 Å². The van der Waals surface area contributed by atoms with Crippen molar-refractivity contribution in [3.63, 3.8) is 0 Å². The molecule has 0 saturated heterocycles. The Hall–Kier alpha value is -3.33. The van der Waals surface area contributed by atoms with Crippen LogP contribution in [0.1, 0.15) is 36.2 Å². The van der Waals surface area contributed by atoms with E-state index in [-0.39, 0.29) is 28.6 Å². The molecule has 0 radical (unpaired) electrons. The predicted octanol–water partition coefficient (Wildman–Crippen LogP) is 5.50. The lowest BCUT2D eigenvalue weighted by Crippen LogP contribution is -2.44. The lowest BCUT2D eigenvalue weighted by Gasteiger charge is -2.21. The van der Waals surface area contributed by atoms with Crippen LogP contribution in [0, 0.1) is 0 Å². The van der Waals surface area contributed by atoms with Crippen LogP contribution >= 0.6 is 23.2 Å². The van der Waals surface area contributed by atoms with Crippen LogP contribution in [-0.4, -0.2) is 67.2 Å². The molecule has 0 bridgehead atoms. The minimum absolute atomic E-state index is 0.119. The van der Waals surface area contributed by atoms with Crippen LogP contribution in [0.15, 0.2) is 66.9 Å². The normalized spacial score (nSPS) is 11.6. The van der Waals surface area contributed by atoms with E-state index >= 15 is 0 Å². The maximum atomic E-state index is 13.1. The average molecular weight is 588 g/mol. The molecule has 1 aromatic heterocycles. The van der Waals surface area contributed by atoms with Crippen molar-refractivity contribution in [2.75, 3.05) is 44.7 Å². The molecule has 1 atom stereocenters. The zero-order chi connectivity index (χ0) is 28.7. The Morgan fingerprint density at radius 1 is 0.950 bits per heavy atom. The second kappa shape index (κ2) is 16.7. The Balaban J connectivity index is 1.58. The molecule has 2 aromatic carbocycles. The van der Waals surface area contributed by atoms with Gasteiger partial charge in [-0.15, -0.1) is 0 Å². The van der Waals surface area contributed by atoms with Crippen LogP contribution in [0.4, 0.5) is 5.82 Å². The fourth-order valence-electron chi connectivity index (χ4n) is 3.96. The molecule has 0 aliphatic rings. The van der Waals surface area contributed by atoms with Gasteiger partial charge in [0, 0.05) is 25.7 Å². The fourth-order valence-corrected chi connectivity index (χ4v) is 4.53. The van der Waals surface area contributed by atoms with Gasteiger partial charge in [-0.2, -0.15) is 0 Å². The summed E-state index contributed by atoms with van der Waals surface area (Å²) in [4.78, 5) is 32.5. The van der Waals surface area contributed by atoms with Gasteiger partial charge in [0.1, 0.15) is 24.2 Å². The third kappa shape index (κ3) is 10.0. The maximum absolute atomic E-state index is 13.1. The highest BCUT2D eigenvalue weighted by molar-refractivity contribution is 6.39. The lowest BCUT2D eigenvalue weighted by atomic mass is 10.0. The number of carbonyl (C=O) groups excluding carboxylic acids is 2. The van der Waals surface area contributed by atoms with Gasteiger partial charge in [-0.3, -0.25) is 4.79 Å². The summed E-state index contributed by atoms with van der Waals surface area (Å²) in [5.41, 5.74) is 0.952. The number of nitrogens with one attached hydrogen (secondary N) is 2. The number of rotatable bonds is 16. The molecule has 8 nitrogen and oxygen atoms in total. The topological polar surface area (TPSA) is 92.8 Å². The SMILES string of the molecule is CCN(CC)CCOC(=O)[C@H](Cc1ccc(OCCCNc2ccccn2)cc1)NC(=O)c1c(Cl)cccc1Cl. The van der Waals surface area contributed by atoms with Gasteiger partial charge in [-0.1, -0.05) is 61.3 Å². The van der Waals surface area contributed by atoms with Crippen LogP contribution in [0.25, 0.3) is 0 Å². The van der Waals surface area contributed by atoms with Crippen molar-refractivity contribution >= 4 is 40.9 Å². The smallest absolute Gasteiger partial charge is 0.329 e. The number of esters is 1. The van der Waals surface area contributed by atoms with Crippen molar-refractivity contribution in [1.29, 1.82) is 0 Å². The number of hydrogen-bond donors (Lipinski definition) is 2. The fraction of sp³-hybridized carbons (Fsp3) is 0.367. The number of amides is 1. The number of pyridine rings is 1. The second-order valence-corrected chi connectivity index (χ2v) is 9.82. The highest BCUT2D eigenvalue weighted by Gasteiger charge is 2.25. The highest BCUT2D eigenvalue weighted by atomic mass is 35.5. The lowest BCUT2D eigenvalue weighted by molar-refractivity contribution is -0.146. The minimum Gasteiger partial charge on any atom is -0.494 e. The zero-order valence-electron chi connectivity index (χ0n) is 22.9. The Morgan fingerprint density at radius 2 is 1.68 bits per heavy atom. The van der Waals surface area contributed by atoms with Gasteiger partial charge in [-0.05, 0) is 61.5 Å². The molecule has 1 heterocycles. The summed E-state index contributed by atoms with van der Waals surface area (Å²) in [5.74, 6) is 0.480. The van der Waals surface area contributed by atoms with Gasteiger partial charge >= 0.3 is 5.97 Å². The molecule has 2 N–H and O–H groups in total. The van der Waals surface area contributed by atoms with E-state index in [9.17, 15) is 9.59 Å². The number of nitrogens with zero attached hydrogens (tertiary/aromatic N) is 2. The maximum Gasteiger partial charge on any atom is 0.329 e. The van der Waals surface area contributed by atoms with E-state index in [4.69, 9.17) is 32.7 Å². The molecular weight excluding hydrogens is 551 g/mol. The van der Waals surface area contributed by atoms with Crippen molar-refractivity contribution in [1.82, 2.24) is 15.2 Å². The molecule has 0 spiro atoms. The molecule has 214 valence electrons. The van der Waals surface area contributed by atoms with Crippen molar-refractivity contribution in [3.8, 4) is 5.75 Å². The van der Waals surface area contributed by atoms with Crippen LogP contribution < -0.4 is 15.4 Å². The summed E-state index contributed by atoms with van der Waals surface area (Å²) in [6.07, 6.45) is 2.77. The molecule has 0 unspecified atom stereocenters. The van der Waals surface area contributed by atoms with E-state index in [1.54, 1.807) is 24.4 Å². The number of anilines is 1. The van der Waals surface area contributed by atoms with Crippen LogP contribution in [-0.2, 0) is 16.0 Å². The van der Waals surface area contributed by atoms with E-state index in [0.717, 1.165) is 37.4 Å². The number of aromatic nitrogens is 1. The van der Waals surface area contributed by atoms with Crippen molar-refractivity contribution in [2.45, 2.75) is 32.7 Å². The van der Waals surface area contributed by atoms with Gasteiger partial charge in [0.25, 0.3) is 5.91 Å². The molecule has 10 heteroatoms. The number of benzene rings is 2. The highest BCUT2D eigenvalue weighted by Crippen LogP contribution is 2.24. The van der Waals surface area contributed by atoms with Crippen LogP contribution in [0.2, 0.25) is 10.0 Å². The van der Waals surface area contributed by atoms with E-state index in [0.29, 0.717) is 18.9 Å². The molecule has 1 amide bonds. The minimum atomic E-state index is -0.930. The molecule has 3 rings (SSSR count). The molecule has 0 aliphatic heterocycles. The van der Waals surface area contributed by atoms with Crippen LogP contribution in [0.3, 0.4) is 0 Å². The molecule has 0 aliphatic carbocycles. The van der Waals surface area contributed by atoms with Gasteiger partial charge in [-0.25, -0.2) is 9.78 Å². The summed E-state index contributed by atoms with van der Waals surface area (Å²) in [5, 5.41) is 6.42. The molecule has 40 heavy (non-hydrogen) atoms. The van der Waals surface area contributed by atoms with E-state index in [2.05, 4.69) is 20.5 Å². The summed E-state index contributed by atoms with van der Waals surface area (Å²) in [6, 6.07) is 17.0. The first-order valence-corrected chi connectivity index (χ1v) is 14.2. The van der Waals surface area contributed by atoms with E-state index < -0.39 is 17.9 Å². The quantitative estimate of drug-likeness (QED) is 0.169. The number of hydrogen-bond acceptors (Lipinski definition) is 7. The standard InChI is InChI=1S/C30H36Cl2N4O4/c1-3-36(4-2)18-20-40-30(38)26(35-29(37)28-24(31)9-7-10-25(28)32)21-22-12-14-23(15-13-22)39-19-8-17-34-27-11-5-6-16-33-27/h5-7,9-16,26H,3-4,8,17-21H2,1-2H3,(H,33,34)(H,35,37)/t26-/m0/s1. The molecular formula is C30H36Cl2N4O4. The second-order valence-electron chi connectivity index (χ2n) is 9.01. The zero-order valence-corrected chi connectivity index (χ0v) is 24.4. The largest absolute Gasteiger partial charge is 0.494 e. The first kappa shape index (κ1) is 31.2. The average Bonchev–Trinajstić information content (AvgIpc) is 2.96. The van der Waals surface area contributed by atoms with Crippen molar-refractivity contribution < 1.29 is 19.1 Å². The van der Waals surface area contributed by atoms with Gasteiger partial charge in [0.15, 0.2) is 0 Å². The third-order valence-electron chi connectivity index (χ3n) is 6.25. The Kier molecular flexibility index (Phi) is 13.0. The summed E-state index contributed by atoms with van der Waals surface area (Å²) in [7, 11) is 0. The summed E-state index contributed by atoms with van der Waals surface area (Å²) < 4.78 is 11.4. The van der Waals surface area contributed by atoms with E-state index in [1.807, 2.05) is 56.3 Å². The molecule has 3 aromatic rings. The molecule has 0 saturated carbocycles. The first-order valence-electron chi connectivity index (χ1n) is 13.4. The first-order chi connectivity index (χ1) is 19.4. The van der Waals surface area contributed by atoms with Gasteiger partial charge in [0.05, 0.1) is 22.2 Å². The third-order valence-corrected chi connectivity index (χ3v) is 6.88. The Bertz CT molecular complexity index is 1190. The Morgan fingerprint density at radius 3 is 2.33 bits per heavy atom. The monoisotopic (exact) mass is 586 g/mol. The molecule has 0 fully saturated rings.